The fourth-order valence-electron chi connectivity index (χ4n) is 2.13. The molecule has 1 amide bonds. The maximum atomic E-state index is 12.5. The number of carbonyl (C=O) groups is 1. The summed E-state index contributed by atoms with van der Waals surface area (Å²) >= 11 is 23.8. The highest BCUT2D eigenvalue weighted by Gasteiger charge is 2.23. The number of nitrogens with one attached hydrogen (secondary N) is 2. The zero-order valence-corrected chi connectivity index (χ0v) is 18.6. The molecule has 0 aromatic heterocycles. The third kappa shape index (κ3) is 5.65. The fraction of sp³-hybridized carbons (Fsp3) is 0.235. The van der Waals surface area contributed by atoms with Gasteiger partial charge in [0.15, 0.2) is 0 Å². The largest absolute Gasteiger partial charge is 0.492 e. The third-order valence-corrected chi connectivity index (χ3v) is 6.38. The van der Waals surface area contributed by atoms with Crippen LogP contribution in [-0.4, -0.2) is 27.0 Å². The van der Waals surface area contributed by atoms with Crippen LogP contribution in [0, 0.1) is 0 Å². The number of anilines is 1. The van der Waals surface area contributed by atoms with Gasteiger partial charge in [-0.15, -0.1) is 0 Å². The Morgan fingerprint density at radius 3 is 2.29 bits per heavy atom. The van der Waals surface area contributed by atoms with Gasteiger partial charge in [-0.25, -0.2) is 8.42 Å². The molecule has 0 aliphatic carbocycles. The van der Waals surface area contributed by atoms with Crippen molar-refractivity contribution in [3.8, 4) is 5.75 Å². The molecule has 2 N–H and O–H groups in total. The average molecular weight is 486 g/mol. The Hall–Kier alpha value is -1.22. The highest BCUT2D eigenvalue weighted by molar-refractivity contribution is 7.89. The standard InChI is InChI=1S/C17H16Cl4N2O4S/c1-3-27-16-5-4-10(6-14(16)21)28(25,26)23-9(2)17(24)22-15-8-12(19)11(18)7-13(15)20/h4-9,23H,3H2,1-2H3,(H,22,24)/t9-/m1/s1. The van der Waals surface area contributed by atoms with Crippen LogP contribution in [-0.2, 0) is 14.8 Å². The molecule has 6 nitrogen and oxygen atoms in total. The number of amides is 1. The summed E-state index contributed by atoms with van der Waals surface area (Å²) in [6.45, 7) is 3.55. The number of carbonyl (C=O) groups excluding carboxylic acids is 1. The summed E-state index contributed by atoms with van der Waals surface area (Å²) in [7, 11) is -4.01. The highest BCUT2D eigenvalue weighted by Crippen LogP contribution is 2.32. The topological polar surface area (TPSA) is 84.5 Å². The van der Waals surface area contributed by atoms with Crippen molar-refractivity contribution in [2.75, 3.05) is 11.9 Å². The Labute approximate surface area is 183 Å². The third-order valence-electron chi connectivity index (χ3n) is 3.51. The van der Waals surface area contributed by atoms with Crippen molar-refractivity contribution in [2.24, 2.45) is 0 Å². The van der Waals surface area contributed by atoms with Crippen LogP contribution in [0.3, 0.4) is 0 Å². The molecule has 0 aliphatic heterocycles. The van der Waals surface area contributed by atoms with Crippen molar-refractivity contribution >= 4 is 68.0 Å². The molecule has 0 aliphatic rings. The number of halogens is 4. The van der Waals surface area contributed by atoms with Crippen molar-refractivity contribution in [1.82, 2.24) is 4.72 Å². The van der Waals surface area contributed by atoms with Crippen LogP contribution in [0.2, 0.25) is 20.1 Å². The van der Waals surface area contributed by atoms with Gasteiger partial charge in [0.2, 0.25) is 15.9 Å². The van der Waals surface area contributed by atoms with E-state index in [1.54, 1.807) is 6.92 Å². The molecule has 1 atom stereocenters. The van der Waals surface area contributed by atoms with E-state index < -0.39 is 22.0 Å². The smallest absolute Gasteiger partial charge is 0.242 e. The number of hydrogen-bond acceptors (Lipinski definition) is 4. The predicted octanol–water partition coefficient (Wildman–Crippen LogP) is 5.00. The minimum absolute atomic E-state index is 0.104. The van der Waals surface area contributed by atoms with Crippen LogP contribution < -0.4 is 14.8 Å². The maximum Gasteiger partial charge on any atom is 0.242 e. The Kier molecular flexibility index (Phi) is 7.84. The van der Waals surface area contributed by atoms with Crippen LogP contribution in [0.1, 0.15) is 13.8 Å². The first-order valence-corrected chi connectivity index (χ1v) is 10.9. The summed E-state index contributed by atoms with van der Waals surface area (Å²) in [5, 5.41) is 3.23. The van der Waals surface area contributed by atoms with Gasteiger partial charge >= 0.3 is 0 Å². The Bertz CT molecular complexity index is 999. The lowest BCUT2D eigenvalue weighted by Crippen LogP contribution is -2.41. The molecule has 0 bridgehead atoms. The van der Waals surface area contributed by atoms with E-state index in [1.165, 1.54) is 37.3 Å². The van der Waals surface area contributed by atoms with Gasteiger partial charge in [0.05, 0.1) is 43.3 Å². The molecule has 0 fully saturated rings. The first-order chi connectivity index (χ1) is 13.0. The van der Waals surface area contributed by atoms with E-state index in [2.05, 4.69) is 10.0 Å². The van der Waals surface area contributed by atoms with Gasteiger partial charge in [-0.05, 0) is 44.2 Å². The molecule has 2 rings (SSSR count). The molecule has 0 saturated heterocycles. The maximum absolute atomic E-state index is 12.5. The minimum Gasteiger partial charge on any atom is -0.492 e. The second kappa shape index (κ2) is 9.52. The molecule has 0 unspecified atom stereocenters. The lowest BCUT2D eigenvalue weighted by molar-refractivity contribution is -0.117. The second-order valence-corrected chi connectivity index (χ2v) is 8.95. The van der Waals surface area contributed by atoms with Crippen molar-refractivity contribution in [3.05, 3.63) is 50.4 Å². The molecular formula is C17H16Cl4N2O4S. The normalized spacial score (nSPS) is 12.5. The number of benzene rings is 2. The van der Waals surface area contributed by atoms with E-state index in [-0.39, 0.29) is 30.7 Å². The summed E-state index contributed by atoms with van der Waals surface area (Å²) in [6, 6.07) is 5.66. The summed E-state index contributed by atoms with van der Waals surface area (Å²) in [5.74, 6) is -0.274. The van der Waals surface area contributed by atoms with Gasteiger partial charge in [0, 0.05) is 0 Å². The van der Waals surface area contributed by atoms with Crippen LogP contribution >= 0.6 is 46.4 Å². The number of ether oxygens (including phenoxy) is 1. The molecule has 0 radical (unpaired) electrons. The molecule has 28 heavy (non-hydrogen) atoms. The molecule has 2 aromatic rings. The summed E-state index contributed by atoms with van der Waals surface area (Å²) in [4.78, 5) is 12.3. The van der Waals surface area contributed by atoms with Crippen molar-refractivity contribution in [1.29, 1.82) is 0 Å². The lowest BCUT2D eigenvalue weighted by Gasteiger charge is -2.16. The lowest BCUT2D eigenvalue weighted by atomic mass is 10.3. The summed E-state index contributed by atoms with van der Waals surface area (Å²) in [5.41, 5.74) is 0.205. The van der Waals surface area contributed by atoms with Crippen molar-refractivity contribution in [2.45, 2.75) is 24.8 Å². The molecule has 0 heterocycles. The number of hydrogen-bond donors (Lipinski definition) is 2. The Morgan fingerprint density at radius 2 is 1.68 bits per heavy atom. The highest BCUT2D eigenvalue weighted by atomic mass is 35.5. The molecule has 152 valence electrons. The van der Waals surface area contributed by atoms with Crippen LogP contribution in [0.5, 0.6) is 5.75 Å². The second-order valence-electron chi connectivity index (χ2n) is 5.60. The first-order valence-electron chi connectivity index (χ1n) is 7.95. The van der Waals surface area contributed by atoms with Gasteiger partial charge < -0.3 is 10.1 Å². The Morgan fingerprint density at radius 1 is 1.04 bits per heavy atom. The molecule has 2 aromatic carbocycles. The van der Waals surface area contributed by atoms with Gasteiger partial charge in [0.1, 0.15) is 5.75 Å². The number of sulfonamides is 1. The minimum atomic E-state index is -4.01. The fourth-order valence-corrected chi connectivity index (χ4v) is 4.26. The SMILES string of the molecule is CCOc1ccc(S(=O)(=O)N[C@H](C)C(=O)Nc2cc(Cl)c(Cl)cc2Cl)cc1Cl. The van der Waals surface area contributed by atoms with Crippen LogP contribution in [0.4, 0.5) is 5.69 Å². The quantitative estimate of drug-likeness (QED) is 0.540. The summed E-state index contributed by atoms with van der Waals surface area (Å²) in [6.07, 6.45) is 0. The zero-order chi connectivity index (χ0) is 21.1. The number of rotatable bonds is 7. The monoisotopic (exact) mass is 484 g/mol. The van der Waals surface area contributed by atoms with E-state index in [4.69, 9.17) is 51.1 Å². The van der Waals surface area contributed by atoms with E-state index in [0.717, 1.165) is 0 Å². The van der Waals surface area contributed by atoms with Crippen molar-refractivity contribution < 1.29 is 17.9 Å². The van der Waals surface area contributed by atoms with Gasteiger partial charge in [-0.1, -0.05) is 46.4 Å². The van der Waals surface area contributed by atoms with Crippen molar-refractivity contribution in [3.63, 3.8) is 0 Å². The molecule has 11 heteroatoms. The van der Waals surface area contributed by atoms with Gasteiger partial charge in [-0.2, -0.15) is 4.72 Å². The molecular weight excluding hydrogens is 470 g/mol. The van der Waals surface area contributed by atoms with E-state index in [9.17, 15) is 13.2 Å². The Balaban J connectivity index is 2.14. The first kappa shape index (κ1) is 23.1. The molecule has 0 spiro atoms. The average Bonchev–Trinajstić information content (AvgIpc) is 2.61. The van der Waals surface area contributed by atoms with E-state index >= 15 is 0 Å². The van der Waals surface area contributed by atoms with E-state index in [1.807, 2.05) is 0 Å². The molecule has 0 saturated carbocycles. The van der Waals surface area contributed by atoms with Gasteiger partial charge in [-0.3, -0.25) is 4.79 Å². The van der Waals surface area contributed by atoms with Gasteiger partial charge in [0.25, 0.3) is 0 Å². The summed E-state index contributed by atoms with van der Waals surface area (Å²) < 4.78 is 32.6. The predicted molar refractivity (Wildman–Crippen MR) is 113 cm³/mol. The van der Waals surface area contributed by atoms with Crippen LogP contribution in [0.25, 0.3) is 0 Å². The van der Waals surface area contributed by atoms with Crippen LogP contribution in [0.15, 0.2) is 35.2 Å². The zero-order valence-electron chi connectivity index (χ0n) is 14.7. The van der Waals surface area contributed by atoms with E-state index in [0.29, 0.717) is 12.4 Å².